The summed E-state index contributed by atoms with van der Waals surface area (Å²) in [6, 6.07) is 4.37. The Morgan fingerprint density at radius 1 is 1.50 bits per heavy atom. The molecule has 1 fully saturated rings. The minimum absolute atomic E-state index is 0.399. The molecular weight excluding hydrogens is 258 g/mol. The Morgan fingerprint density at radius 2 is 2.29 bits per heavy atom. The van der Waals surface area contributed by atoms with E-state index in [2.05, 4.69) is 46.8 Å². The van der Waals surface area contributed by atoms with Gasteiger partial charge in [0.1, 0.15) is 0 Å². The number of hydrogen-bond donors (Lipinski definition) is 0. The van der Waals surface area contributed by atoms with Gasteiger partial charge in [0.25, 0.3) is 0 Å². The highest BCUT2D eigenvalue weighted by atomic mass is 79.9. The molecule has 0 aliphatic carbocycles. The summed E-state index contributed by atoms with van der Waals surface area (Å²) in [5, 5.41) is 0. The van der Waals surface area contributed by atoms with Crippen LogP contribution in [-0.2, 0) is 6.54 Å². The van der Waals surface area contributed by atoms with Gasteiger partial charge >= 0.3 is 0 Å². The third kappa shape index (κ3) is 2.20. The van der Waals surface area contributed by atoms with E-state index in [1.165, 1.54) is 28.0 Å². The number of likely N-dealkylation sites (tertiary alicyclic amines) is 1. The molecule has 0 saturated carbocycles. The number of hydrogen-bond acceptors (Lipinski definition) is 2. The summed E-state index contributed by atoms with van der Waals surface area (Å²) in [5.74, 6) is 0. The van der Waals surface area contributed by atoms with E-state index in [4.69, 9.17) is 0 Å². The van der Waals surface area contributed by atoms with Crippen LogP contribution in [0.25, 0.3) is 0 Å². The molecule has 1 aromatic heterocycles. The minimum atomic E-state index is 0.399. The summed E-state index contributed by atoms with van der Waals surface area (Å²) in [5.41, 5.74) is 0.399. The second-order valence-corrected chi connectivity index (χ2v) is 7.09. The highest BCUT2D eigenvalue weighted by Gasteiger charge is 2.31. The first-order valence-electron chi connectivity index (χ1n) is 5.07. The molecule has 0 amide bonds. The molecule has 0 bridgehead atoms. The second kappa shape index (κ2) is 3.95. The second-order valence-electron chi connectivity index (χ2n) is 4.54. The molecule has 0 N–H and O–H groups in total. The third-order valence-electron chi connectivity index (χ3n) is 3.05. The minimum Gasteiger partial charge on any atom is -0.293 e. The van der Waals surface area contributed by atoms with Crippen molar-refractivity contribution in [1.82, 2.24) is 4.90 Å². The maximum absolute atomic E-state index is 3.51. The molecule has 0 unspecified atom stereocenters. The van der Waals surface area contributed by atoms with E-state index in [-0.39, 0.29) is 0 Å². The summed E-state index contributed by atoms with van der Waals surface area (Å²) in [4.78, 5) is 4.05. The Balaban J connectivity index is 2.04. The van der Waals surface area contributed by atoms with Crippen molar-refractivity contribution in [2.45, 2.75) is 38.8 Å². The van der Waals surface area contributed by atoms with Gasteiger partial charge < -0.3 is 0 Å². The van der Waals surface area contributed by atoms with Gasteiger partial charge in [-0.25, -0.2) is 0 Å². The standard InChI is InChI=1S/C11H16BrNS/c1-11(2)6-3-7-13(11)8-9-4-5-10(12)14-9/h4-5H,3,6-8H2,1-2H3. The topological polar surface area (TPSA) is 3.24 Å². The zero-order valence-electron chi connectivity index (χ0n) is 8.72. The summed E-state index contributed by atoms with van der Waals surface area (Å²) < 4.78 is 1.24. The van der Waals surface area contributed by atoms with Crippen LogP contribution in [0.15, 0.2) is 15.9 Å². The van der Waals surface area contributed by atoms with Crippen molar-refractivity contribution in [3.8, 4) is 0 Å². The molecule has 0 atom stereocenters. The van der Waals surface area contributed by atoms with Crippen LogP contribution < -0.4 is 0 Å². The molecule has 1 aromatic rings. The summed E-state index contributed by atoms with van der Waals surface area (Å²) in [7, 11) is 0. The molecule has 2 rings (SSSR count). The first-order valence-corrected chi connectivity index (χ1v) is 6.68. The maximum Gasteiger partial charge on any atom is 0.0701 e. The van der Waals surface area contributed by atoms with Gasteiger partial charge in [-0.15, -0.1) is 11.3 Å². The molecular formula is C11H16BrNS. The van der Waals surface area contributed by atoms with Gasteiger partial charge in [-0.05, 0) is 61.3 Å². The normalized spacial score (nSPS) is 21.6. The first kappa shape index (κ1) is 10.7. The SMILES string of the molecule is CC1(C)CCCN1Cc1ccc(Br)s1. The van der Waals surface area contributed by atoms with Crippen LogP contribution in [-0.4, -0.2) is 17.0 Å². The first-order chi connectivity index (χ1) is 6.58. The van der Waals surface area contributed by atoms with Crippen LogP contribution in [0.1, 0.15) is 31.6 Å². The molecule has 1 aliphatic heterocycles. The van der Waals surface area contributed by atoms with Crippen molar-refractivity contribution < 1.29 is 0 Å². The van der Waals surface area contributed by atoms with Crippen LogP contribution in [0.5, 0.6) is 0 Å². The zero-order valence-corrected chi connectivity index (χ0v) is 11.1. The van der Waals surface area contributed by atoms with E-state index in [1.54, 1.807) is 0 Å². The predicted octanol–water partition coefficient (Wildman–Crippen LogP) is 3.89. The van der Waals surface area contributed by atoms with Gasteiger partial charge in [0.15, 0.2) is 0 Å². The van der Waals surface area contributed by atoms with E-state index in [0.29, 0.717) is 5.54 Å². The Bertz CT molecular complexity index is 319. The average Bonchev–Trinajstić information content (AvgIpc) is 2.61. The lowest BCUT2D eigenvalue weighted by atomic mass is 10.0. The fourth-order valence-electron chi connectivity index (χ4n) is 2.08. The fraction of sp³-hybridized carbons (Fsp3) is 0.636. The molecule has 0 spiro atoms. The van der Waals surface area contributed by atoms with Gasteiger partial charge in [-0.1, -0.05) is 0 Å². The van der Waals surface area contributed by atoms with Crippen molar-refractivity contribution in [3.05, 3.63) is 20.8 Å². The van der Waals surface area contributed by atoms with E-state index in [9.17, 15) is 0 Å². The molecule has 1 saturated heterocycles. The average molecular weight is 274 g/mol. The Kier molecular flexibility index (Phi) is 3.01. The maximum atomic E-state index is 3.51. The van der Waals surface area contributed by atoms with Gasteiger partial charge in [0, 0.05) is 17.0 Å². The lowest BCUT2D eigenvalue weighted by Gasteiger charge is -2.31. The van der Waals surface area contributed by atoms with E-state index in [1.807, 2.05) is 11.3 Å². The van der Waals surface area contributed by atoms with Crippen LogP contribution >= 0.6 is 27.3 Å². The Labute approximate surface area is 98.2 Å². The Hall–Kier alpha value is 0.140. The van der Waals surface area contributed by atoms with Crippen LogP contribution in [0.3, 0.4) is 0 Å². The van der Waals surface area contributed by atoms with Crippen molar-refractivity contribution in [1.29, 1.82) is 0 Å². The van der Waals surface area contributed by atoms with Gasteiger partial charge in [0.2, 0.25) is 0 Å². The van der Waals surface area contributed by atoms with Crippen molar-refractivity contribution in [2.24, 2.45) is 0 Å². The van der Waals surface area contributed by atoms with E-state index >= 15 is 0 Å². The lowest BCUT2D eigenvalue weighted by Crippen LogP contribution is -2.37. The summed E-state index contributed by atoms with van der Waals surface area (Å²) in [6.07, 6.45) is 2.68. The lowest BCUT2D eigenvalue weighted by molar-refractivity contribution is 0.168. The predicted molar refractivity (Wildman–Crippen MR) is 65.7 cm³/mol. The fourth-order valence-corrected chi connectivity index (χ4v) is 3.58. The van der Waals surface area contributed by atoms with Crippen LogP contribution in [0.4, 0.5) is 0 Å². The highest BCUT2D eigenvalue weighted by Crippen LogP contribution is 2.32. The van der Waals surface area contributed by atoms with Crippen molar-refractivity contribution in [3.63, 3.8) is 0 Å². The quantitative estimate of drug-likeness (QED) is 0.791. The largest absolute Gasteiger partial charge is 0.293 e. The van der Waals surface area contributed by atoms with E-state index in [0.717, 1.165) is 6.54 Å². The third-order valence-corrected chi connectivity index (χ3v) is 4.66. The van der Waals surface area contributed by atoms with Gasteiger partial charge in [-0.2, -0.15) is 0 Å². The van der Waals surface area contributed by atoms with Crippen molar-refractivity contribution in [2.75, 3.05) is 6.54 Å². The van der Waals surface area contributed by atoms with Crippen molar-refractivity contribution >= 4 is 27.3 Å². The molecule has 3 heteroatoms. The molecule has 2 heterocycles. The molecule has 1 aliphatic rings. The highest BCUT2D eigenvalue weighted by molar-refractivity contribution is 9.11. The molecule has 0 radical (unpaired) electrons. The number of thiophene rings is 1. The Morgan fingerprint density at radius 3 is 2.79 bits per heavy atom. The zero-order chi connectivity index (χ0) is 10.2. The molecule has 0 aromatic carbocycles. The number of rotatable bonds is 2. The summed E-state index contributed by atoms with van der Waals surface area (Å²) >= 11 is 5.36. The molecule has 1 nitrogen and oxygen atoms in total. The van der Waals surface area contributed by atoms with E-state index < -0.39 is 0 Å². The molecule has 78 valence electrons. The monoisotopic (exact) mass is 273 g/mol. The van der Waals surface area contributed by atoms with Crippen LogP contribution in [0, 0.1) is 0 Å². The summed E-state index contributed by atoms with van der Waals surface area (Å²) in [6.45, 7) is 7.07. The number of halogens is 1. The van der Waals surface area contributed by atoms with Gasteiger partial charge in [0.05, 0.1) is 3.79 Å². The van der Waals surface area contributed by atoms with Crippen LogP contribution in [0.2, 0.25) is 0 Å². The number of nitrogens with zero attached hydrogens (tertiary/aromatic N) is 1. The smallest absolute Gasteiger partial charge is 0.0701 e. The molecule has 14 heavy (non-hydrogen) atoms. The van der Waals surface area contributed by atoms with Gasteiger partial charge in [-0.3, -0.25) is 4.90 Å².